The van der Waals surface area contributed by atoms with Gasteiger partial charge in [-0.3, -0.25) is 4.98 Å². The molecule has 0 aliphatic heterocycles. The predicted octanol–water partition coefficient (Wildman–Crippen LogP) is 3.40. The third kappa shape index (κ3) is 2.40. The van der Waals surface area contributed by atoms with Gasteiger partial charge in [0, 0.05) is 17.8 Å². The number of aromatic carboxylic acids is 1. The summed E-state index contributed by atoms with van der Waals surface area (Å²) in [5.41, 5.74) is 4.42. The van der Waals surface area contributed by atoms with Crippen LogP contribution in [0.3, 0.4) is 0 Å². The van der Waals surface area contributed by atoms with E-state index < -0.39 is 5.97 Å². The maximum atomic E-state index is 11.4. The van der Waals surface area contributed by atoms with Crippen LogP contribution in [0, 0.1) is 13.8 Å². The van der Waals surface area contributed by atoms with Gasteiger partial charge < -0.3 is 9.67 Å². The van der Waals surface area contributed by atoms with Crippen molar-refractivity contribution in [2.24, 2.45) is 0 Å². The molecule has 0 unspecified atom stereocenters. The molecule has 3 rings (SSSR count). The molecule has 4 heteroatoms. The van der Waals surface area contributed by atoms with Crippen LogP contribution in [0.15, 0.2) is 42.7 Å². The molecule has 2 aromatic heterocycles. The number of para-hydroxylation sites is 1. The van der Waals surface area contributed by atoms with Crippen molar-refractivity contribution in [2.75, 3.05) is 0 Å². The molecule has 0 bridgehead atoms. The predicted molar refractivity (Wildman–Crippen MR) is 81.7 cm³/mol. The molecule has 0 radical (unpaired) electrons. The summed E-state index contributed by atoms with van der Waals surface area (Å²) in [6, 6.07) is 9.70. The summed E-state index contributed by atoms with van der Waals surface area (Å²) in [5, 5.41) is 10.1. The lowest BCUT2D eigenvalue weighted by Gasteiger charge is -2.07. The van der Waals surface area contributed by atoms with E-state index in [2.05, 4.69) is 4.98 Å². The van der Waals surface area contributed by atoms with Crippen LogP contribution in [0.25, 0.3) is 10.9 Å². The minimum absolute atomic E-state index is 0.335. The molecule has 0 saturated heterocycles. The Labute approximate surface area is 122 Å². The van der Waals surface area contributed by atoms with Crippen LogP contribution in [0.4, 0.5) is 0 Å². The molecule has 3 aromatic rings. The second-order valence-electron chi connectivity index (χ2n) is 5.27. The summed E-state index contributed by atoms with van der Waals surface area (Å²) in [5.74, 6) is -0.901. The minimum atomic E-state index is -0.901. The molecule has 0 aliphatic carbocycles. The Balaban J connectivity index is 2.16. The van der Waals surface area contributed by atoms with Gasteiger partial charge in [-0.25, -0.2) is 4.79 Å². The second kappa shape index (κ2) is 5.05. The molecule has 0 amide bonds. The highest BCUT2D eigenvalue weighted by molar-refractivity contribution is 6.04. The summed E-state index contributed by atoms with van der Waals surface area (Å²) in [4.78, 5) is 15.8. The zero-order chi connectivity index (χ0) is 15.0. The quantitative estimate of drug-likeness (QED) is 0.800. The molecule has 0 spiro atoms. The molecule has 2 heterocycles. The number of aromatic nitrogens is 2. The molecule has 106 valence electrons. The number of hydrogen-bond acceptors (Lipinski definition) is 2. The van der Waals surface area contributed by atoms with Crippen molar-refractivity contribution in [3.8, 4) is 0 Å². The fourth-order valence-corrected chi connectivity index (χ4v) is 2.70. The lowest BCUT2D eigenvalue weighted by atomic mass is 10.1. The van der Waals surface area contributed by atoms with Crippen molar-refractivity contribution in [3.63, 3.8) is 0 Å². The standard InChI is InChI=1S/C17H16N2O2/c1-11-6-7-18-13(8-11)9-19-10-15(17(20)21)14-5-3-4-12(2)16(14)19/h3-8,10H,9H2,1-2H3,(H,20,21). The van der Waals surface area contributed by atoms with E-state index in [4.69, 9.17) is 0 Å². The number of fused-ring (bicyclic) bond motifs is 1. The molecule has 0 atom stereocenters. The van der Waals surface area contributed by atoms with Gasteiger partial charge in [-0.1, -0.05) is 18.2 Å². The van der Waals surface area contributed by atoms with E-state index >= 15 is 0 Å². The molecule has 1 aromatic carbocycles. The summed E-state index contributed by atoms with van der Waals surface area (Å²) < 4.78 is 1.97. The first-order valence-corrected chi connectivity index (χ1v) is 6.79. The van der Waals surface area contributed by atoms with Crippen molar-refractivity contribution in [1.82, 2.24) is 9.55 Å². The molecule has 0 fully saturated rings. The van der Waals surface area contributed by atoms with E-state index in [0.29, 0.717) is 12.1 Å². The lowest BCUT2D eigenvalue weighted by molar-refractivity contribution is 0.0699. The highest BCUT2D eigenvalue weighted by Gasteiger charge is 2.15. The van der Waals surface area contributed by atoms with E-state index in [1.165, 1.54) is 0 Å². The van der Waals surface area contributed by atoms with E-state index in [1.807, 2.05) is 48.7 Å². The average Bonchev–Trinajstić information content (AvgIpc) is 2.79. The number of carbonyl (C=O) groups is 1. The number of carboxylic acid groups (broad SMARTS) is 1. The van der Waals surface area contributed by atoms with Crippen molar-refractivity contribution in [1.29, 1.82) is 0 Å². The first-order valence-electron chi connectivity index (χ1n) is 6.79. The van der Waals surface area contributed by atoms with Gasteiger partial charge >= 0.3 is 5.97 Å². The lowest BCUT2D eigenvalue weighted by Crippen LogP contribution is -2.01. The first kappa shape index (κ1) is 13.4. The Bertz CT molecular complexity index is 834. The Hall–Kier alpha value is -2.62. The van der Waals surface area contributed by atoms with Gasteiger partial charge in [0.1, 0.15) is 0 Å². The topological polar surface area (TPSA) is 55.1 Å². The van der Waals surface area contributed by atoms with Crippen molar-refractivity contribution in [3.05, 3.63) is 65.1 Å². The fourth-order valence-electron chi connectivity index (χ4n) is 2.70. The SMILES string of the molecule is Cc1ccnc(Cn2cc(C(=O)O)c3cccc(C)c32)c1. The van der Waals surface area contributed by atoms with Crippen LogP contribution in [0.2, 0.25) is 0 Å². The maximum Gasteiger partial charge on any atom is 0.337 e. The Kier molecular flexibility index (Phi) is 3.22. The number of hydrogen-bond donors (Lipinski definition) is 1. The summed E-state index contributed by atoms with van der Waals surface area (Å²) in [6.07, 6.45) is 3.48. The smallest absolute Gasteiger partial charge is 0.337 e. The van der Waals surface area contributed by atoms with Crippen molar-refractivity contribution >= 4 is 16.9 Å². The number of aryl methyl sites for hydroxylation is 2. The van der Waals surface area contributed by atoms with E-state index in [9.17, 15) is 9.90 Å². The van der Waals surface area contributed by atoms with Gasteiger partial charge in [0.05, 0.1) is 23.3 Å². The first-order chi connectivity index (χ1) is 10.1. The molecule has 4 nitrogen and oxygen atoms in total. The minimum Gasteiger partial charge on any atom is -0.478 e. The number of pyridine rings is 1. The number of benzene rings is 1. The molecular weight excluding hydrogens is 264 g/mol. The second-order valence-corrected chi connectivity index (χ2v) is 5.27. The van der Waals surface area contributed by atoms with Crippen molar-refractivity contribution < 1.29 is 9.90 Å². The van der Waals surface area contributed by atoms with Gasteiger partial charge in [0.25, 0.3) is 0 Å². The highest BCUT2D eigenvalue weighted by Crippen LogP contribution is 2.25. The number of carboxylic acids is 1. The summed E-state index contributed by atoms with van der Waals surface area (Å²) in [7, 11) is 0. The molecule has 0 saturated carbocycles. The van der Waals surface area contributed by atoms with Gasteiger partial charge in [-0.05, 0) is 37.1 Å². The monoisotopic (exact) mass is 280 g/mol. The van der Waals surface area contributed by atoms with Gasteiger partial charge in [-0.15, -0.1) is 0 Å². The number of nitrogens with zero attached hydrogens (tertiary/aromatic N) is 2. The average molecular weight is 280 g/mol. The zero-order valence-electron chi connectivity index (χ0n) is 12.0. The number of rotatable bonds is 3. The normalized spacial score (nSPS) is 11.0. The maximum absolute atomic E-state index is 11.4. The van der Waals surface area contributed by atoms with Crippen LogP contribution in [0.1, 0.15) is 27.2 Å². The molecular formula is C17H16N2O2. The fraction of sp³-hybridized carbons (Fsp3) is 0.176. The van der Waals surface area contributed by atoms with E-state index in [1.54, 1.807) is 12.4 Å². The van der Waals surface area contributed by atoms with Crippen LogP contribution < -0.4 is 0 Å². The molecule has 0 aliphatic rings. The molecule has 1 N–H and O–H groups in total. The van der Waals surface area contributed by atoms with Crippen LogP contribution in [-0.4, -0.2) is 20.6 Å². The van der Waals surface area contributed by atoms with E-state index in [0.717, 1.165) is 27.7 Å². The third-order valence-corrected chi connectivity index (χ3v) is 3.63. The van der Waals surface area contributed by atoms with E-state index in [-0.39, 0.29) is 0 Å². The van der Waals surface area contributed by atoms with Gasteiger partial charge in [-0.2, -0.15) is 0 Å². The highest BCUT2D eigenvalue weighted by atomic mass is 16.4. The molecule has 21 heavy (non-hydrogen) atoms. The zero-order valence-corrected chi connectivity index (χ0v) is 12.0. The summed E-state index contributed by atoms with van der Waals surface area (Å²) in [6.45, 7) is 4.58. The summed E-state index contributed by atoms with van der Waals surface area (Å²) >= 11 is 0. The van der Waals surface area contributed by atoms with Gasteiger partial charge in [0.15, 0.2) is 0 Å². The Morgan fingerprint density at radius 1 is 1.29 bits per heavy atom. The van der Waals surface area contributed by atoms with Crippen LogP contribution >= 0.6 is 0 Å². The largest absolute Gasteiger partial charge is 0.478 e. The Morgan fingerprint density at radius 2 is 2.10 bits per heavy atom. The third-order valence-electron chi connectivity index (χ3n) is 3.63. The van der Waals surface area contributed by atoms with Gasteiger partial charge in [0.2, 0.25) is 0 Å². The van der Waals surface area contributed by atoms with Crippen molar-refractivity contribution in [2.45, 2.75) is 20.4 Å². The Morgan fingerprint density at radius 3 is 2.81 bits per heavy atom. The van der Waals surface area contributed by atoms with Crippen LogP contribution in [0.5, 0.6) is 0 Å². The van der Waals surface area contributed by atoms with Crippen LogP contribution in [-0.2, 0) is 6.54 Å².